The number of alkyl halides is 1. The highest BCUT2D eigenvalue weighted by atomic mass is 35.5. The molecular weight excluding hydrogens is 210 g/mol. The molecule has 0 fully saturated rings. The van der Waals surface area contributed by atoms with Gasteiger partial charge in [0.15, 0.2) is 0 Å². The topological polar surface area (TPSA) is 21.3 Å². The number of hydrogen-bond donors (Lipinski definition) is 1. The van der Waals surface area contributed by atoms with E-state index in [1.54, 1.807) is 7.11 Å². The number of nitrogens with one attached hydrogen (secondary N) is 1. The van der Waals surface area contributed by atoms with Gasteiger partial charge in [0.2, 0.25) is 0 Å². The molecule has 84 valence electrons. The summed E-state index contributed by atoms with van der Waals surface area (Å²) >= 11 is 5.64. The summed E-state index contributed by atoms with van der Waals surface area (Å²) in [6, 6.07) is 4.18. The van der Waals surface area contributed by atoms with Gasteiger partial charge in [-0.05, 0) is 37.5 Å². The highest BCUT2D eigenvalue weighted by Gasteiger charge is 2.06. The first-order valence-corrected chi connectivity index (χ1v) is 5.67. The van der Waals surface area contributed by atoms with Crippen molar-refractivity contribution < 1.29 is 4.74 Å². The standard InChI is InChI=1S/C12H18ClNO/c1-9-7-10(2)12(11(8-9)15-3)14-6-4-5-13/h7-8,14H,4-6H2,1-3H3. The number of aryl methyl sites for hydroxylation is 2. The average molecular weight is 228 g/mol. The van der Waals surface area contributed by atoms with E-state index in [2.05, 4.69) is 25.2 Å². The van der Waals surface area contributed by atoms with E-state index in [0.29, 0.717) is 5.88 Å². The van der Waals surface area contributed by atoms with Crippen LogP contribution in [0.3, 0.4) is 0 Å². The highest BCUT2D eigenvalue weighted by molar-refractivity contribution is 6.17. The van der Waals surface area contributed by atoms with E-state index >= 15 is 0 Å². The first-order valence-electron chi connectivity index (χ1n) is 5.14. The van der Waals surface area contributed by atoms with E-state index in [4.69, 9.17) is 16.3 Å². The van der Waals surface area contributed by atoms with Gasteiger partial charge >= 0.3 is 0 Å². The molecule has 0 aliphatic heterocycles. The van der Waals surface area contributed by atoms with Gasteiger partial charge < -0.3 is 10.1 Å². The molecule has 0 saturated carbocycles. The van der Waals surface area contributed by atoms with Crippen LogP contribution in [0.25, 0.3) is 0 Å². The number of anilines is 1. The molecule has 0 aliphatic carbocycles. The molecule has 0 spiro atoms. The Morgan fingerprint density at radius 1 is 1.33 bits per heavy atom. The van der Waals surface area contributed by atoms with E-state index in [1.165, 1.54) is 11.1 Å². The second-order valence-electron chi connectivity index (χ2n) is 3.63. The van der Waals surface area contributed by atoms with Crippen LogP contribution >= 0.6 is 11.6 Å². The lowest BCUT2D eigenvalue weighted by molar-refractivity contribution is 0.416. The Labute approximate surface area is 96.6 Å². The van der Waals surface area contributed by atoms with Crippen molar-refractivity contribution >= 4 is 17.3 Å². The quantitative estimate of drug-likeness (QED) is 0.615. The summed E-state index contributed by atoms with van der Waals surface area (Å²) in [6.07, 6.45) is 0.956. The van der Waals surface area contributed by atoms with Crippen molar-refractivity contribution in [1.29, 1.82) is 0 Å². The molecule has 15 heavy (non-hydrogen) atoms. The number of halogens is 1. The van der Waals surface area contributed by atoms with Crippen LogP contribution in [0, 0.1) is 13.8 Å². The number of hydrogen-bond acceptors (Lipinski definition) is 2. The summed E-state index contributed by atoms with van der Waals surface area (Å²) in [5.41, 5.74) is 3.50. The van der Waals surface area contributed by atoms with Gasteiger partial charge in [-0.3, -0.25) is 0 Å². The largest absolute Gasteiger partial charge is 0.495 e. The summed E-state index contributed by atoms with van der Waals surface area (Å²) in [6.45, 7) is 5.03. The fraction of sp³-hybridized carbons (Fsp3) is 0.500. The molecule has 3 heteroatoms. The van der Waals surface area contributed by atoms with E-state index in [-0.39, 0.29) is 0 Å². The van der Waals surface area contributed by atoms with Gasteiger partial charge in [0.25, 0.3) is 0 Å². The van der Waals surface area contributed by atoms with Crippen molar-refractivity contribution in [3.8, 4) is 5.75 Å². The molecule has 0 aliphatic rings. The predicted octanol–water partition coefficient (Wildman–Crippen LogP) is 3.35. The maximum Gasteiger partial charge on any atom is 0.142 e. The highest BCUT2D eigenvalue weighted by Crippen LogP contribution is 2.29. The Balaban J connectivity index is 2.84. The van der Waals surface area contributed by atoms with Gasteiger partial charge in [-0.1, -0.05) is 6.07 Å². The van der Waals surface area contributed by atoms with Crippen LogP contribution in [0.2, 0.25) is 0 Å². The van der Waals surface area contributed by atoms with Gasteiger partial charge in [-0.2, -0.15) is 0 Å². The SMILES string of the molecule is COc1cc(C)cc(C)c1NCCCCl. The minimum absolute atomic E-state index is 0.681. The Hall–Kier alpha value is -0.890. The zero-order chi connectivity index (χ0) is 11.3. The normalized spacial score (nSPS) is 10.1. The smallest absolute Gasteiger partial charge is 0.142 e. The zero-order valence-corrected chi connectivity index (χ0v) is 10.3. The molecule has 0 heterocycles. The Kier molecular flexibility index (Phi) is 4.76. The number of rotatable bonds is 5. The minimum atomic E-state index is 0.681. The molecule has 1 N–H and O–H groups in total. The molecule has 0 bridgehead atoms. The van der Waals surface area contributed by atoms with Crippen molar-refractivity contribution in [1.82, 2.24) is 0 Å². The van der Waals surface area contributed by atoms with E-state index in [1.807, 2.05) is 6.07 Å². The minimum Gasteiger partial charge on any atom is -0.495 e. The predicted molar refractivity (Wildman–Crippen MR) is 66.3 cm³/mol. The average Bonchev–Trinajstić information content (AvgIpc) is 2.20. The molecule has 1 aromatic carbocycles. The molecular formula is C12H18ClNO. The molecule has 2 nitrogen and oxygen atoms in total. The lowest BCUT2D eigenvalue weighted by Gasteiger charge is -2.14. The number of benzene rings is 1. The van der Waals surface area contributed by atoms with Gasteiger partial charge in [-0.25, -0.2) is 0 Å². The molecule has 0 amide bonds. The van der Waals surface area contributed by atoms with Crippen molar-refractivity contribution in [2.75, 3.05) is 24.9 Å². The molecule has 1 rings (SSSR count). The second-order valence-corrected chi connectivity index (χ2v) is 4.01. The Bertz CT molecular complexity index is 326. The van der Waals surface area contributed by atoms with Gasteiger partial charge in [-0.15, -0.1) is 11.6 Å². The zero-order valence-electron chi connectivity index (χ0n) is 9.56. The lowest BCUT2D eigenvalue weighted by Crippen LogP contribution is -2.05. The molecule has 0 radical (unpaired) electrons. The number of methoxy groups -OCH3 is 1. The van der Waals surface area contributed by atoms with Gasteiger partial charge in [0.1, 0.15) is 5.75 Å². The third-order valence-electron chi connectivity index (χ3n) is 2.28. The van der Waals surface area contributed by atoms with E-state index in [9.17, 15) is 0 Å². The first kappa shape index (κ1) is 12.2. The molecule has 0 atom stereocenters. The number of ether oxygens (including phenoxy) is 1. The maximum atomic E-state index is 5.64. The van der Waals surface area contributed by atoms with Crippen molar-refractivity contribution in [2.24, 2.45) is 0 Å². The fourth-order valence-corrected chi connectivity index (χ4v) is 1.73. The van der Waals surface area contributed by atoms with Crippen molar-refractivity contribution in [3.63, 3.8) is 0 Å². The van der Waals surface area contributed by atoms with Crippen LogP contribution < -0.4 is 10.1 Å². The molecule has 1 aromatic rings. The van der Waals surface area contributed by atoms with E-state index in [0.717, 1.165) is 24.4 Å². The van der Waals surface area contributed by atoms with Crippen LogP contribution in [0.15, 0.2) is 12.1 Å². The summed E-state index contributed by atoms with van der Waals surface area (Å²) in [5.74, 6) is 1.59. The summed E-state index contributed by atoms with van der Waals surface area (Å²) in [5, 5.41) is 3.35. The summed E-state index contributed by atoms with van der Waals surface area (Å²) in [7, 11) is 1.70. The van der Waals surface area contributed by atoms with Crippen LogP contribution in [0.5, 0.6) is 5.75 Å². The maximum absolute atomic E-state index is 5.64. The lowest BCUT2D eigenvalue weighted by atomic mass is 10.1. The second kappa shape index (κ2) is 5.86. The summed E-state index contributed by atoms with van der Waals surface area (Å²) < 4.78 is 5.34. The Morgan fingerprint density at radius 2 is 2.07 bits per heavy atom. The van der Waals surface area contributed by atoms with Crippen LogP contribution in [-0.4, -0.2) is 19.5 Å². The van der Waals surface area contributed by atoms with E-state index < -0.39 is 0 Å². The van der Waals surface area contributed by atoms with Crippen LogP contribution in [0.4, 0.5) is 5.69 Å². The third-order valence-corrected chi connectivity index (χ3v) is 2.54. The van der Waals surface area contributed by atoms with Gasteiger partial charge in [0.05, 0.1) is 12.8 Å². The van der Waals surface area contributed by atoms with Crippen LogP contribution in [0.1, 0.15) is 17.5 Å². The first-order chi connectivity index (χ1) is 7.19. The monoisotopic (exact) mass is 227 g/mol. The van der Waals surface area contributed by atoms with Crippen LogP contribution in [-0.2, 0) is 0 Å². The summed E-state index contributed by atoms with van der Waals surface area (Å²) in [4.78, 5) is 0. The molecule has 0 saturated heterocycles. The van der Waals surface area contributed by atoms with Crippen molar-refractivity contribution in [2.45, 2.75) is 20.3 Å². The third kappa shape index (κ3) is 3.31. The molecule has 0 aromatic heterocycles. The van der Waals surface area contributed by atoms with Gasteiger partial charge in [0, 0.05) is 12.4 Å². The van der Waals surface area contributed by atoms with Crippen molar-refractivity contribution in [3.05, 3.63) is 23.3 Å². The Morgan fingerprint density at radius 3 is 2.67 bits per heavy atom. The fourth-order valence-electron chi connectivity index (χ4n) is 1.60. The molecule has 0 unspecified atom stereocenters.